The summed E-state index contributed by atoms with van der Waals surface area (Å²) < 4.78 is 16.5. The molecule has 0 atom stereocenters. The van der Waals surface area contributed by atoms with Crippen LogP contribution in [-0.2, 0) is 13.0 Å². The van der Waals surface area contributed by atoms with E-state index in [1.54, 1.807) is 13.3 Å². The average Bonchev–Trinajstić information content (AvgIpc) is 2.74. The predicted octanol–water partition coefficient (Wildman–Crippen LogP) is 3.19. The fourth-order valence-corrected chi connectivity index (χ4v) is 2.75. The van der Waals surface area contributed by atoms with Crippen LogP contribution in [0.1, 0.15) is 31.9 Å². The Morgan fingerprint density at radius 2 is 1.76 bits per heavy atom. The van der Waals surface area contributed by atoms with Gasteiger partial charge in [-0.2, -0.15) is 0 Å². The molecule has 158 valence electrons. The van der Waals surface area contributed by atoms with Gasteiger partial charge in [-0.15, -0.1) is 0 Å². The molecule has 0 aliphatic carbocycles. The van der Waals surface area contributed by atoms with Crippen LogP contribution >= 0.6 is 0 Å². The van der Waals surface area contributed by atoms with Crippen molar-refractivity contribution in [3.05, 3.63) is 47.7 Å². The van der Waals surface area contributed by atoms with Crippen LogP contribution < -0.4 is 24.8 Å². The maximum atomic E-state index is 5.71. The molecule has 7 nitrogen and oxygen atoms in total. The molecule has 1 aromatic carbocycles. The zero-order valence-electron chi connectivity index (χ0n) is 17.8. The number of hydrogen-bond acceptors (Lipinski definition) is 5. The molecule has 0 bridgehead atoms. The summed E-state index contributed by atoms with van der Waals surface area (Å²) in [5, 5.41) is 6.65. The molecule has 0 radical (unpaired) electrons. The van der Waals surface area contributed by atoms with E-state index in [4.69, 9.17) is 14.2 Å². The first-order valence-corrected chi connectivity index (χ1v) is 10.1. The van der Waals surface area contributed by atoms with E-state index in [-0.39, 0.29) is 0 Å². The molecule has 7 heteroatoms. The van der Waals surface area contributed by atoms with E-state index in [9.17, 15) is 0 Å². The lowest BCUT2D eigenvalue weighted by molar-refractivity contribution is 0.287. The molecule has 1 aromatic heterocycles. The van der Waals surface area contributed by atoms with E-state index in [0.717, 1.165) is 42.5 Å². The number of hydrogen-bond donors (Lipinski definition) is 2. The van der Waals surface area contributed by atoms with E-state index in [2.05, 4.69) is 26.7 Å². The third-order valence-electron chi connectivity index (χ3n) is 4.09. The molecule has 2 rings (SSSR count). The maximum Gasteiger partial charge on any atom is 0.213 e. The molecule has 0 saturated heterocycles. The van der Waals surface area contributed by atoms with Crippen molar-refractivity contribution < 1.29 is 14.2 Å². The highest BCUT2D eigenvalue weighted by atomic mass is 16.5. The van der Waals surface area contributed by atoms with Gasteiger partial charge in [0.2, 0.25) is 5.88 Å². The van der Waals surface area contributed by atoms with Crippen molar-refractivity contribution >= 4 is 5.96 Å². The van der Waals surface area contributed by atoms with E-state index < -0.39 is 0 Å². The van der Waals surface area contributed by atoms with Gasteiger partial charge in [0.1, 0.15) is 0 Å². The Balaban J connectivity index is 1.95. The van der Waals surface area contributed by atoms with Crippen molar-refractivity contribution in [1.82, 2.24) is 15.6 Å². The second kappa shape index (κ2) is 12.5. The van der Waals surface area contributed by atoms with E-state index in [1.165, 1.54) is 5.56 Å². The third kappa shape index (κ3) is 7.52. The number of rotatable bonds is 11. The van der Waals surface area contributed by atoms with Crippen LogP contribution in [-0.4, -0.2) is 44.4 Å². The van der Waals surface area contributed by atoms with E-state index in [0.29, 0.717) is 25.6 Å². The highest BCUT2D eigenvalue weighted by molar-refractivity contribution is 5.79. The van der Waals surface area contributed by atoms with Gasteiger partial charge in [0.15, 0.2) is 17.5 Å². The number of guanidine groups is 1. The third-order valence-corrected chi connectivity index (χ3v) is 4.09. The Kier molecular flexibility index (Phi) is 9.62. The summed E-state index contributed by atoms with van der Waals surface area (Å²) >= 11 is 0. The average molecular weight is 401 g/mol. The molecule has 0 amide bonds. The normalized spacial score (nSPS) is 11.1. The molecule has 0 aliphatic heterocycles. The molecular weight excluding hydrogens is 368 g/mol. The lowest BCUT2D eigenvalue weighted by Gasteiger charge is -2.14. The summed E-state index contributed by atoms with van der Waals surface area (Å²) in [5.74, 6) is 2.95. The zero-order valence-corrected chi connectivity index (χ0v) is 17.8. The number of aliphatic imine (C=N–C) groups is 1. The number of pyridine rings is 1. The molecule has 0 aliphatic rings. The van der Waals surface area contributed by atoms with Gasteiger partial charge in [0.25, 0.3) is 0 Å². The van der Waals surface area contributed by atoms with Crippen LogP contribution in [0.5, 0.6) is 17.4 Å². The van der Waals surface area contributed by atoms with Gasteiger partial charge in [0, 0.05) is 25.4 Å². The summed E-state index contributed by atoms with van der Waals surface area (Å²) in [6, 6.07) is 9.92. The molecule has 2 N–H and O–H groups in total. The molecule has 29 heavy (non-hydrogen) atoms. The first-order valence-electron chi connectivity index (χ1n) is 10.1. The van der Waals surface area contributed by atoms with Crippen molar-refractivity contribution in [1.29, 1.82) is 0 Å². The molecule has 2 aromatic rings. The SMILES string of the molecule is CCNC(=NCc1ccnc(OC)c1)NCCc1ccc(OCC)c(OCC)c1. The Labute approximate surface area is 173 Å². The standard InChI is InChI=1S/C22H32N4O3/c1-5-23-22(26-16-18-11-12-24-21(15-18)27-4)25-13-10-17-8-9-19(28-6-2)20(14-17)29-7-3/h8-9,11-12,14-15H,5-7,10,13,16H2,1-4H3,(H2,23,25,26). The Morgan fingerprint density at radius 1 is 0.966 bits per heavy atom. The largest absolute Gasteiger partial charge is 0.490 e. The van der Waals surface area contributed by atoms with Gasteiger partial charge >= 0.3 is 0 Å². The van der Waals surface area contributed by atoms with Gasteiger partial charge in [-0.05, 0) is 56.5 Å². The van der Waals surface area contributed by atoms with E-state index >= 15 is 0 Å². The summed E-state index contributed by atoms with van der Waals surface area (Å²) in [5.41, 5.74) is 2.22. The number of methoxy groups -OCH3 is 1. The van der Waals surface area contributed by atoms with Gasteiger partial charge < -0.3 is 24.8 Å². The minimum Gasteiger partial charge on any atom is -0.490 e. The number of ether oxygens (including phenoxy) is 3. The van der Waals surface area contributed by atoms with Gasteiger partial charge in [0.05, 0.1) is 26.9 Å². The Hall–Kier alpha value is -2.96. The van der Waals surface area contributed by atoms with Gasteiger partial charge in [-0.3, -0.25) is 0 Å². The summed E-state index contributed by atoms with van der Waals surface area (Å²) in [4.78, 5) is 8.76. The predicted molar refractivity (Wildman–Crippen MR) is 116 cm³/mol. The molecule has 0 fully saturated rings. The highest BCUT2D eigenvalue weighted by Crippen LogP contribution is 2.28. The number of nitrogens with zero attached hydrogens (tertiary/aromatic N) is 2. The van der Waals surface area contributed by atoms with Gasteiger partial charge in [-0.25, -0.2) is 9.98 Å². The summed E-state index contributed by atoms with van der Waals surface area (Å²) in [6.45, 7) is 9.32. The van der Waals surface area contributed by atoms with Crippen molar-refractivity contribution in [2.75, 3.05) is 33.4 Å². The monoisotopic (exact) mass is 400 g/mol. The van der Waals surface area contributed by atoms with Crippen LogP contribution in [0.25, 0.3) is 0 Å². The minimum atomic E-state index is 0.547. The lowest BCUT2D eigenvalue weighted by atomic mass is 10.1. The van der Waals surface area contributed by atoms with Crippen LogP contribution in [0.4, 0.5) is 0 Å². The van der Waals surface area contributed by atoms with Crippen molar-refractivity contribution in [2.45, 2.75) is 33.7 Å². The molecule has 0 unspecified atom stereocenters. The molecular formula is C22H32N4O3. The number of benzene rings is 1. The fraction of sp³-hybridized carbons (Fsp3) is 0.455. The topological polar surface area (TPSA) is 77.0 Å². The van der Waals surface area contributed by atoms with Crippen molar-refractivity contribution in [3.63, 3.8) is 0 Å². The first-order chi connectivity index (χ1) is 14.2. The van der Waals surface area contributed by atoms with Crippen LogP contribution in [0, 0.1) is 0 Å². The smallest absolute Gasteiger partial charge is 0.213 e. The maximum absolute atomic E-state index is 5.71. The highest BCUT2D eigenvalue weighted by Gasteiger charge is 2.06. The quantitative estimate of drug-likeness (QED) is 0.446. The van der Waals surface area contributed by atoms with Crippen LogP contribution in [0.3, 0.4) is 0 Å². The molecule has 0 saturated carbocycles. The van der Waals surface area contributed by atoms with Crippen LogP contribution in [0.15, 0.2) is 41.5 Å². The second-order valence-corrected chi connectivity index (χ2v) is 6.23. The molecule has 1 heterocycles. The second-order valence-electron chi connectivity index (χ2n) is 6.23. The Morgan fingerprint density at radius 3 is 2.48 bits per heavy atom. The van der Waals surface area contributed by atoms with Crippen molar-refractivity contribution in [3.8, 4) is 17.4 Å². The first kappa shape index (κ1) is 22.3. The summed E-state index contributed by atoms with van der Waals surface area (Å²) in [6.07, 6.45) is 2.58. The number of aromatic nitrogens is 1. The van der Waals surface area contributed by atoms with E-state index in [1.807, 2.05) is 45.0 Å². The summed E-state index contributed by atoms with van der Waals surface area (Å²) in [7, 11) is 1.61. The lowest BCUT2D eigenvalue weighted by Crippen LogP contribution is -2.38. The minimum absolute atomic E-state index is 0.547. The fourth-order valence-electron chi connectivity index (χ4n) is 2.75. The number of nitrogens with one attached hydrogen (secondary N) is 2. The zero-order chi connectivity index (χ0) is 20.9. The molecule has 0 spiro atoms. The Bertz CT molecular complexity index is 780. The van der Waals surface area contributed by atoms with Crippen molar-refractivity contribution in [2.24, 2.45) is 4.99 Å². The van der Waals surface area contributed by atoms with Gasteiger partial charge in [-0.1, -0.05) is 6.07 Å². The van der Waals surface area contributed by atoms with Crippen LogP contribution in [0.2, 0.25) is 0 Å².